The Morgan fingerprint density at radius 1 is 1.11 bits per heavy atom. The molecule has 0 bridgehead atoms. The number of aliphatic hydroxyl groups is 1. The van der Waals surface area contributed by atoms with Crippen LogP contribution in [-0.2, 0) is 13.0 Å². The molecule has 1 aromatic heterocycles. The second-order valence-electron chi connectivity index (χ2n) is 10.5. The van der Waals surface area contributed by atoms with Crippen molar-refractivity contribution in [3.05, 3.63) is 76.2 Å². The first-order valence-electron chi connectivity index (χ1n) is 12.3. The van der Waals surface area contributed by atoms with Crippen LogP contribution in [0.5, 0.6) is 11.6 Å². The summed E-state index contributed by atoms with van der Waals surface area (Å²) in [5.74, 6) is 1.61. The molecule has 0 aliphatic heterocycles. The van der Waals surface area contributed by atoms with Crippen molar-refractivity contribution in [3.63, 3.8) is 0 Å². The average molecular weight is 498 g/mol. The number of benzene rings is 2. The topological polar surface area (TPSA) is 51.6 Å². The highest BCUT2D eigenvalue weighted by Crippen LogP contribution is 2.56. The molecule has 36 heavy (non-hydrogen) atoms. The molecule has 2 aromatic carbocycles. The average Bonchev–Trinajstić information content (AvgIpc) is 3.48. The van der Waals surface area contributed by atoms with Crippen LogP contribution in [0.25, 0.3) is 11.1 Å². The number of aryl methyl sites for hydroxylation is 1. The molecule has 0 spiro atoms. The number of aromatic nitrogens is 1. The van der Waals surface area contributed by atoms with Crippen molar-refractivity contribution in [2.45, 2.75) is 64.6 Å². The Bertz CT molecular complexity index is 1290. The van der Waals surface area contributed by atoms with E-state index in [-0.39, 0.29) is 23.3 Å². The van der Waals surface area contributed by atoms with E-state index in [1.165, 1.54) is 23.6 Å². The summed E-state index contributed by atoms with van der Waals surface area (Å²) in [6.45, 7) is 5.41. The summed E-state index contributed by atoms with van der Waals surface area (Å²) < 4.78 is 54.0. The number of alkyl halides is 2. The predicted molar refractivity (Wildman–Crippen MR) is 131 cm³/mol. The van der Waals surface area contributed by atoms with Gasteiger partial charge in [0.05, 0.1) is 12.2 Å². The van der Waals surface area contributed by atoms with Crippen molar-refractivity contribution < 1.29 is 27.8 Å². The number of rotatable bonds is 9. The first kappa shape index (κ1) is 24.6. The van der Waals surface area contributed by atoms with Crippen LogP contribution in [0.2, 0.25) is 0 Å². The minimum Gasteiger partial charge on any atom is -0.493 e. The highest BCUT2D eigenvalue weighted by atomic mass is 19.3. The maximum absolute atomic E-state index is 14.8. The molecule has 3 aromatic rings. The van der Waals surface area contributed by atoms with E-state index in [9.17, 15) is 18.3 Å². The summed E-state index contributed by atoms with van der Waals surface area (Å²) in [5, 5.41) is 9.85. The lowest BCUT2D eigenvalue weighted by Gasteiger charge is -2.18. The Labute approximate surface area is 209 Å². The van der Waals surface area contributed by atoms with Gasteiger partial charge in [0.1, 0.15) is 18.2 Å². The molecular formula is C29H30F3NO3. The van der Waals surface area contributed by atoms with E-state index >= 15 is 0 Å². The minimum absolute atomic E-state index is 0.113. The number of halogens is 3. The maximum atomic E-state index is 14.8. The lowest BCUT2D eigenvalue weighted by Crippen LogP contribution is -2.21. The monoisotopic (exact) mass is 497 g/mol. The van der Waals surface area contributed by atoms with E-state index in [1.807, 2.05) is 12.3 Å². The Kier molecular flexibility index (Phi) is 6.45. The smallest absolute Gasteiger partial charge is 0.264 e. The zero-order chi connectivity index (χ0) is 25.6. The van der Waals surface area contributed by atoms with Crippen LogP contribution >= 0.6 is 0 Å². The summed E-state index contributed by atoms with van der Waals surface area (Å²) >= 11 is 0. The molecule has 0 radical (unpaired) electrons. The fraction of sp³-hybridized carbons (Fsp3) is 0.414. The van der Waals surface area contributed by atoms with Crippen molar-refractivity contribution in [2.75, 3.05) is 6.61 Å². The third-order valence-corrected chi connectivity index (χ3v) is 7.10. The van der Waals surface area contributed by atoms with Gasteiger partial charge in [0.25, 0.3) is 6.43 Å². The summed E-state index contributed by atoms with van der Waals surface area (Å²) in [4.78, 5) is 4.37. The van der Waals surface area contributed by atoms with Gasteiger partial charge in [-0.05, 0) is 97.5 Å². The summed E-state index contributed by atoms with van der Waals surface area (Å²) in [6, 6.07) is 9.40. The molecule has 7 heteroatoms. The largest absolute Gasteiger partial charge is 0.493 e. The summed E-state index contributed by atoms with van der Waals surface area (Å²) in [7, 11) is 0. The zero-order valence-corrected chi connectivity index (χ0v) is 20.7. The molecule has 1 saturated carbocycles. The Morgan fingerprint density at radius 3 is 2.64 bits per heavy atom. The molecule has 190 valence electrons. The van der Waals surface area contributed by atoms with Gasteiger partial charge in [0.15, 0.2) is 0 Å². The first-order valence-corrected chi connectivity index (χ1v) is 12.3. The fourth-order valence-electron chi connectivity index (χ4n) is 4.97. The van der Waals surface area contributed by atoms with Gasteiger partial charge in [0.2, 0.25) is 5.88 Å². The van der Waals surface area contributed by atoms with E-state index in [0.717, 1.165) is 24.0 Å². The van der Waals surface area contributed by atoms with E-state index in [1.54, 1.807) is 39.0 Å². The number of hydrogen-bond donors (Lipinski definition) is 1. The fourth-order valence-corrected chi connectivity index (χ4v) is 4.97. The normalized spacial score (nSPS) is 18.2. The molecule has 5 rings (SSSR count). The molecule has 2 aliphatic rings. The van der Waals surface area contributed by atoms with Crippen molar-refractivity contribution in [1.29, 1.82) is 0 Å². The molecule has 4 nitrogen and oxygen atoms in total. The highest BCUT2D eigenvalue weighted by Gasteiger charge is 2.45. The molecule has 1 N–H and O–H groups in total. The minimum atomic E-state index is -2.84. The first-order chi connectivity index (χ1) is 17.1. The van der Waals surface area contributed by atoms with Gasteiger partial charge in [0, 0.05) is 29.8 Å². The van der Waals surface area contributed by atoms with E-state index in [4.69, 9.17) is 9.47 Å². The number of pyridine rings is 1. The standard InChI is InChI=1S/C29H30F3NO3/c1-16-8-20(35-7-6-29(2,3)34)4-5-21(16)23-11-19(26(30)13-24(23)28(31)32)15-36-27-12-18-9-17-10-22(17)25(18)14-33-27/h4-5,8,11-14,17,22,28,34H,6-7,9-10,15H2,1-3H3. The van der Waals surface area contributed by atoms with Gasteiger partial charge in [-0.2, -0.15) is 0 Å². The predicted octanol–water partition coefficient (Wildman–Crippen LogP) is 6.91. The third kappa shape index (κ3) is 5.21. The van der Waals surface area contributed by atoms with Gasteiger partial charge in [-0.25, -0.2) is 18.2 Å². The van der Waals surface area contributed by atoms with Crippen molar-refractivity contribution in [1.82, 2.24) is 4.98 Å². The van der Waals surface area contributed by atoms with Crippen LogP contribution in [0, 0.1) is 18.7 Å². The van der Waals surface area contributed by atoms with Crippen LogP contribution in [-0.4, -0.2) is 22.3 Å². The molecule has 1 fully saturated rings. The SMILES string of the molecule is Cc1cc(OCCC(C)(C)O)ccc1-c1cc(COc2cc3c(cn2)C2CC2C3)c(F)cc1C(F)F. The van der Waals surface area contributed by atoms with Gasteiger partial charge in [-0.15, -0.1) is 0 Å². The van der Waals surface area contributed by atoms with E-state index in [2.05, 4.69) is 4.98 Å². The van der Waals surface area contributed by atoms with Gasteiger partial charge in [-0.1, -0.05) is 6.07 Å². The van der Waals surface area contributed by atoms with Crippen LogP contribution in [0.15, 0.2) is 42.6 Å². The molecule has 0 saturated heterocycles. The molecule has 1 heterocycles. The van der Waals surface area contributed by atoms with Gasteiger partial charge >= 0.3 is 0 Å². The molecule has 2 unspecified atom stereocenters. The van der Waals surface area contributed by atoms with Crippen LogP contribution in [0.4, 0.5) is 13.2 Å². The Hall–Kier alpha value is -3.06. The molecule has 2 aliphatic carbocycles. The Balaban J connectivity index is 1.36. The second-order valence-corrected chi connectivity index (χ2v) is 10.5. The Morgan fingerprint density at radius 2 is 1.92 bits per heavy atom. The van der Waals surface area contributed by atoms with Crippen LogP contribution in [0.3, 0.4) is 0 Å². The van der Waals surface area contributed by atoms with Gasteiger partial charge in [-0.3, -0.25) is 0 Å². The molecule has 2 atom stereocenters. The number of hydrogen-bond acceptors (Lipinski definition) is 4. The van der Waals surface area contributed by atoms with E-state index < -0.39 is 17.8 Å². The quantitative estimate of drug-likeness (QED) is 0.349. The number of fused-ring (bicyclic) bond motifs is 3. The lowest BCUT2D eigenvalue weighted by atomic mass is 9.94. The summed E-state index contributed by atoms with van der Waals surface area (Å²) in [6.07, 6.45) is 1.71. The zero-order valence-electron chi connectivity index (χ0n) is 20.7. The third-order valence-electron chi connectivity index (χ3n) is 7.10. The van der Waals surface area contributed by atoms with Crippen LogP contribution < -0.4 is 9.47 Å². The number of ether oxygens (including phenoxy) is 2. The van der Waals surface area contributed by atoms with Gasteiger partial charge < -0.3 is 14.6 Å². The second kappa shape index (κ2) is 9.43. The molecule has 0 amide bonds. The van der Waals surface area contributed by atoms with E-state index in [0.29, 0.717) is 36.1 Å². The van der Waals surface area contributed by atoms with Crippen molar-refractivity contribution >= 4 is 0 Å². The lowest BCUT2D eigenvalue weighted by molar-refractivity contribution is 0.0553. The maximum Gasteiger partial charge on any atom is 0.264 e. The molecular weight excluding hydrogens is 467 g/mol. The summed E-state index contributed by atoms with van der Waals surface area (Å²) in [5.41, 5.74) is 3.03. The van der Waals surface area contributed by atoms with Crippen molar-refractivity contribution in [3.8, 4) is 22.8 Å². The van der Waals surface area contributed by atoms with Crippen molar-refractivity contribution in [2.24, 2.45) is 5.92 Å². The number of nitrogens with zero attached hydrogens (tertiary/aromatic N) is 1. The van der Waals surface area contributed by atoms with Crippen LogP contribution in [0.1, 0.15) is 66.8 Å². The highest BCUT2D eigenvalue weighted by molar-refractivity contribution is 5.72.